The van der Waals surface area contributed by atoms with Gasteiger partial charge in [0.25, 0.3) is 0 Å². The summed E-state index contributed by atoms with van der Waals surface area (Å²) in [5.74, 6) is 0.569. The number of likely N-dealkylation sites (tertiary alicyclic amines) is 1. The molecule has 176 valence electrons. The number of rotatable bonds is 12. The van der Waals surface area contributed by atoms with Crippen molar-refractivity contribution < 1.29 is 14.3 Å². The van der Waals surface area contributed by atoms with E-state index in [-0.39, 0.29) is 35.8 Å². The minimum Gasteiger partial charge on any atom is -0.382 e. The molecule has 1 aliphatic rings. The van der Waals surface area contributed by atoms with E-state index < -0.39 is 0 Å². The first-order chi connectivity index (χ1) is 14.6. The molecule has 1 heterocycles. The Morgan fingerprint density at radius 2 is 2.06 bits per heavy atom. The summed E-state index contributed by atoms with van der Waals surface area (Å²) < 4.78 is 10.4. The zero-order valence-electron chi connectivity index (χ0n) is 18.8. The number of aliphatic imine (C=N–C) groups is 1. The smallest absolute Gasteiger partial charge is 0.221 e. The van der Waals surface area contributed by atoms with Gasteiger partial charge in [0, 0.05) is 46.9 Å². The number of ether oxygens (including phenoxy) is 2. The predicted octanol–water partition coefficient (Wildman–Crippen LogP) is 1.72. The fourth-order valence-electron chi connectivity index (χ4n) is 3.56. The second-order valence-corrected chi connectivity index (χ2v) is 7.61. The zero-order chi connectivity index (χ0) is 21.6. The summed E-state index contributed by atoms with van der Waals surface area (Å²) in [5, 5.41) is 6.65. The van der Waals surface area contributed by atoms with Crippen LogP contribution in [0.3, 0.4) is 0 Å². The Hall–Kier alpha value is -1.43. The van der Waals surface area contributed by atoms with Crippen LogP contribution in [0.4, 0.5) is 0 Å². The molecule has 1 atom stereocenters. The number of nitrogens with zero attached hydrogens (tertiary/aromatic N) is 2. The van der Waals surface area contributed by atoms with Gasteiger partial charge in [-0.3, -0.25) is 14.7 Å². The Bertz CT molecular complexity index is 674. The molecule has 31 heavy (non-hydrogen) atoms. The molecule has 1 saturated heterocycles. The third-order valence-corrected chi connectivity index (χ3v) is 5.18. The number of piperidine rings is 1. The van der Waals surface area contributed by atoms with Crippen LogP contribution in [-0.4, -0.2) is 70.4 Å². The van der Waals surface area contributed by atoms with Gasteiger partial charge in [-0.2, -0.15) is 0 Å². The first-order valence-corrected chi connectivity index (χ1v) is 10.7. The number of carbonyl (C=O) groups is 1. The molecule has 1 amide bonds. The van der Waals surface area contributed by atoms with Crippen molar-refractivity contribution in [2.24, 2.45) is 16.6 Å². The lowest BCUT2D eigenvalue weighted by Gasteiger charge is -2.31. The van der Waals surface area contributed by atoms with Gasteiger partial charge in [0.1, 0.15) is 0 Å². The van der Waals surface area contributed by atoms with Crippen LogP contribution in [0.15, 0.2) is 29.3 Å². The molecule has 0 radical (unpaired) electrons. The first kappa shape index (κ1) is 27.6. The van der Waals surface area contributed by atoms with E-state index in [0.29, 0.717) is 26.4 Å². The van der Waals surface area contributed by atoms with E-state index in [4.69, 9.17) is 15.2 Å². The van der Waals surface area contributed by atoms with Crippen molar-refractivity contribution in [2.75, 3.05) is 53.6 Å². The fourth-order valence-corrected chi connectivity index (χ4v) is 3.56. The average Bonchev–Trinajstić information content (AvgIpc) is 2.75. The number of amides is 1. The minimum absolute atomic E-state index is 0. The molecule has 1 aromatic rings. The quantitative estimate of drug-likeness (QED) is 0.160. The monoisotopic (exact) mass is 547 g/mol. The van der Waals surface area contributed by atoms with Crippen LogP contribution in [0.5, 0.6) is 0 Å². The van der Waals surface area contributed by atoms with Gasteiger partial charge in [-0.25, -0.2) is 0 Å². The topological polar surface area (TPSA) is 101 Å². The van der Waals surface area contributed by atoms with Crippen molar-refractivity contribution in [3.63, 3.8) is 0 Å². The van der Waals surface area contributed by atoms with Gasteiger partial charge in [-0.05, 0) is 36.9 Å². The molecule has 1 aromatic carbocycles. The van der Waals surface area contributed by atoms with Gasteiger partial charge >= 0.3 is 0 Å². The minimum atomic E-state index is -0.182. The highest BCUT2D eigenvalue weighted by atomic mass is 127. The lowest BCUT2D eigenvalue weighted by molar-refractivity contribution is -0.123. The Kier molecular flexibility index (Phi) is 14.5. The third kappa shape index (κ3) is 11.1. The Labute approximate surface area is 203 Å². The fraction of sp³-hybridized carbons (Fsp3) is 0.636. The SMILES string of the molecule is CN=C(NCCCOCCOC)NCc1cccc(CN2CCCC(C(N)=O)C2)c1.I. The van der Waals surface area contributed by atoms with E-state index in [1.54, 1.807) is 14.2 Å². The van der Waals surface area contributed by atoms with E-state index >= 15 is 0 Å². The van der Waals surface area contributed by atoms with Crippen LogP contribution in [0.1, 0.15) is 30.4 Å². The van der Waals surface area contributed by atoms with Crippen LogP contribution in [0.2, 0.25) is 0 Å². The van der Waals surface area contributed by atoms with Gasteiger partial charge < -0.3 is 25.8 Å². The first-order valence-electron chi connectivity index (χ1n) is 10.7. The Morgan fingerprint density at radius 3 is 2.81 bits per heavy atom. The number of hydrogen-bond donors (Lipinski definition) is 3. The summed E-state index contributed by atoms with van der Waals surface area (Å²) in [6, 6.07) is 8.52. The largest absolute Gasteiger partial charge is 0.382 e. The molecule has 8 nitrogen and oxygen atoms in total. The highest BCUT2D eigenvalue weighted by Crippen LogP contribution is 2.18. The highest BCUT2D eigenvalue weighted by molar-refractivity contribution is 14.0. The Balaban J connectivity index is 0.00000480. The molecule has 9 heteroatoms. The van der Waals surface area contributed by atoms with Gasteiger partial charge in [-0.1, -0.05) is 24.3 Å². The molecular formula is C22H38IN5O3. The van der Waals surface area contributed by atoms with Crippen LogP contribution in [0.25, 0.3) is 0 Å². The number of nitrogens with two attached hydrogens (primary N) is 1. The summed E-state index contributed by atoms with van der Waals surface area (Å²) in [4.78, 5) is 18.1. The molecule has 0 aromatic heterocycles. The van der Waals surface area contributed by atoms with E-state index in [1.165, 1.54) is 11.1 Å². The maximum Gasteiger partial charge on any atom is 0.221 e. The van der Waals surface area contributed by atoms with Gasteiger partial charge in [0.15, 0.2) is 5.96 Å². The van der Waals surface area contributed by atoms with Crippen molar-refractivity contribution in [1.82, 2.24) is 15.5 Å². The maximum atomic E-state index is 11.5. The normalized spacial score (nSPS) is 17.1. The van der Waals surface area contributed by atoms with Crippen LogP contribution in [0, 0.1) is 5.92 Å². The van der Waals surface area contributed by atoms with Crippen molar-refractivity contribution in [2.45, 2.75) is 32.4 Å². The van der Waals surface area contributed by atoms with Crippen LogP contribution < -0.4 is 16.4 Å². The summed E-state index contributed by atoms with van der Waals surface area (Å²) in [6.45, 7) is 6.04. The van der Waals surface area contributed by atoms with Crippen LogP contribution >= 0.6 is 24.0 Å². The van der Waals surface area contributed by atoms with Crippen molar-refractivity contribution in [1.29, 1.82) is 0 Å². The zero-order valence-corrected chi connectivity index (χ0v) is 21.1. The maximum absolute atomic E-state index is 11.5. The van der Waals surface area contributed by atoms with Gasteiger partial charge in [-0.15, -0.1) is 24.0 Å². The molecule has 1 unspecified atom stereocenters. The molecule has 0 saturated carbocycles. The average molecular weight is 547 g/mol. The van der Waals surface area contributed by atoms with E-state index in [9.17, 15) is 4.79 Å². The molecule has 0 aliphatic carbocycles. The third-order valence-electron chi connectivity index (χ3n) is 5.18. The number of halogens is 1. The summed E-state index contributed by atoms with van der Waals surface area (Å²) in [6.07, 6.45) is 2.83. The number of carbonyl (C=O) groups excluding carboxylic acids is 1. The standard InChI is InChI=1S/C22H37N5O3.HI/c1-24-22(25-9-5-11-30-13-12-29-2)26-15-18-6-3-7-19(14-18)16-27-10-4-8-20(17-27)21(23)28;/h3,6-7,14,20H,4-5,8-13,15-17H2,1-2H3,(H2,23,28)(H2,24,25,26);1H. The molecule has 2 rings (SSSR count). The molecule has 1 fully saturated rings. The molecule has 0 bridgehead atoms. The highest BCUT2D eigenvalue weighted by Gasteiger charge is 2.23. The summed E-state index contributed by atoms with van der Waals surface area (Å²) >= 11 is 0. The second kappa shape index (κ2) is 16.2. The van der Waals surface area contributed by atoms with Crippen molar-refractivity contribution in [3.05, 3.63) is 35.4 Å². The van der Waals surface area contributed by atoms with E-state index in [0.717, 1.165) is 51.4 Å². The van der Waals surface area contributed by atoms with Crippen LogP contribution in [-0.2, 0) is 27.4 Å². The van der Waals surface area contributed by atoms with Gasteiger partial charge in [0.05, 0.1) is 19.1 Å². The van der Waals surface area contributed by atoms with Crippen molar-refractivity contribution in [3.8, 4) is 0 Å². The number of methoxy groups -OCH3 is 1. The molecule has 0 spiro atoms. The number of nitrogens with one attached hydrogen (secondary N) is 2. The van der Waals surface area contributed by atoms with E-state index in [1.807, 2.05) is 0 Å². The number of benzene rings is 1. The lowest BCUT2D eigenvalue weighted by Crippen LogP contribution is -2.40. The van der Waals surface area contributed by atoms with E-state index in [2.05, 4.69) is 44.8 Å². The summed E-state index contributed by atoms with van der Waals surface area (Å²) in [5.41, 5.74) is 7.94. The molecule has 1 aliphatic heterocycles. The van der Waals surface area contributed by atoms with Crippen molar-refractivity contribution >= 4 is 35.8 Å². The predicted molar refractivity (Wildman–Crippen MR) is 135 cm³/mol. The second-order valence-electron chi connectivity index (χ2n) is 7.61. The number of hydrogen-bond acceptors (Lipinski definition) is 5. The lowest BCUT2D eigenvalue weighted by atomic mass is 9.97. The number of guanidine groups is 1. The summed E-state index contributed by atoms with van der Waals surface area (Å²) in [7, 11) is 3.44. The number of primary amides is 1. The van der Waals surface area contributed by atoms with Gasteiger partial charge in [0.2, 0.25) is 5.91 Å². The molecule has 4 N–H and O–H groups in total. The Morgan fingerprint density at radius 1 is 1.26 bits per heavy atom. The molecular weight excluding hydrogens is 509 g/mol.